The van der Waals surface area contributed by atoms with Gasteiger partial charge in [-0.1, -0.05) is 6.07 Å². The van der Waals surface area contributed by atoms with E-state index in [4.69, 9.17) is 4.42 Å². The molecule has 0 spiro atoms. The fourth-order valence-corrected chi connectivity index (χ4v) is 4.40. The first-order valence-corrected chi connectivity index (χ1v) is 9.75. The Hall–Kier alpha value is -2.86. The van der Waals surface area contributed by atoms with Crippen molar-refractivity contribution < 1.29 is 14.0 Å². The number of amides is 2. The molecule has 0 bridgehead atoms. The van der Waals surface area contributed by atoms with Gasteiger partial charge in [0.1, 0.15) is 0 Å². The van der Waals surface area contributed by atoms with Crippen LogP contribution < -0.4 is 5.32 Å². The van der Waals surface area contributed by atoms with Crippen molar-refractivity contribution in [2.24, 2.45) is 0 Å². The number of nitrogens with zero attached hydrogens (tertiary/aromatic N) is 1. The topological polar surface area (TPSA) is 62.6 Å². The van der Waals surface area contributed by atoms with E-state index in [1.54, 1.807) is 29.5 Å². The van der Waals surface area contributed by atoms with Gasteiger partial charge in [0.15, 0.2) is 5.76 Å². The second-order valence-electron chi connectivity index (χ2n) is 6.68. The van der Waals surface area contributed by atoms with E-state index in [0.717, 1.165) is 12.0 Å². The molecule has 2 amide bonds. The van der Waals surface area contributed by atoms with Crippen LogP contribution in [0.15, 0.2) is 52.5 Å². The van der Waals surface area contributed by atoms with Gasteiger partial charge in [-0.15, -0.1) is 11.3 Å². The molecule has 0 saturated carbocycles. The maximum atomic E-state index is 13.1. The number of rotatable bonds is 3. The monoisotopic (exact) mass is 380 g/mol. The number of nitrogens with one attached hydrogen (secondary N) is 1. The summed E-state index contributed by atoms with van der Waals surface area (Å²) in [5.74, 6) is -0.115. The summed E-state index contributed by atoms with van der Waals surface area (Å²) in [6, 6.07) is 10.8. The lowest BCUT2D eigenvalue weighted by molar-refractivity contribution is 0.0679. The van der Waals surface area contributed by atoms with E-state index in [9.17, 15) is 9.59 Å². The summed E-state index contributed by atoms with van der Waals surface area (Å²) < 4.78 is 5.13. The molecule has 3 aromatic rings. The zero-order valence-corrected chi connectivity index (χ0v) is 16.0. The van der Waals surface area contributed by atoms with Crippen molar-refractivity contribution >= 4 is 28.8 Å². The first kappa shape index (κ1) is 17.5. The highest BCUT2D eigenvalue weighted by atomic mass is 32.1. The van der Waals surface area contributed by atoms with Gasteiger partial charge >= 0.3 is 0 Å². The third-order valence-corrected chi connectivity index (χ3v) is 6.01. The summed E-state index contributed by atoms with van der Waals surface area (Å²) in [6.45, 7) is 4.67. The molecule has 1 N–H and O–H groups in total. The number of fused-ring (bicyclic) bond motifs is 1. The molecule has 0 fully saturated rings. The molecule has 3 heterocycles. The van der Waals surface area contributed by atoms with Gasteiger partial charge in [0.05, 0.1) is 12.3 Å². The summed E-state index contributed by atoms with van der Waals surface area (Å²) >= 11 is 1.75. The summed E-state index contributed by atoms with van der Waals surface area (Å²) in [7, 11) is 0. The number of furan rings is 1. The number of carbonyl (C=O) groups is 2. The molecule has 2 aromatic heterocycles. The summed E-state index contributed by atoms with van der Waals surface area (Å²) in [5, 5.41) is 4.92. The van der Waals surface area contributed by atoms with Gasteiger partial charge in [-0.05, 0) is 67.1 Å². The van der Waals surface area contributed by atoms with Crippen molar-refractivity contribution in [3.8, 4) is 0 Å². The maximum Gasteiger partial charge on any atom is 0.291 e. The van der Waals surface area contributed by atoms with Crippen LogP contribution in [-0.4, -0.2) is 23.3 Å². The fourth-order valence-electron chi connectivity index (χ4n) is 3.43. The molecule has 4 rings (SSSR count). The second-order valence-corrected chi connectivity index (χ2v) is 7.69. The maximum absolute atomic E-state index is 13.1. The van der Waals surface area contributed by atoms with Crippen LogP contribution in [0.1, 0.15) is 49.9 Å². The highest BCUT2D eigenvalue weighted by Crippen LogP contribution is 2.34. The zero-order valence-electron chi connectivity index (χ0n) is 15.2. The Morgan fingerprint density at radius 2 is 2.11 bits per heavy atom. The largest absolute Gasteiger partial charge is 0.459 e. The Kier molecular flexibility index (Phi) is 4.58. The average molecular weight is 380 g/mol. The van der Waals surface area contributed by atoms with E-state index in [1.165, 1.54) is 16.7 Å². The number of aryl methyl sites for hydroxylation is 1. The van der Waals surface area contributed by atoms with E-state index in [2.05, 4.69) is 23.7 Å². The van der Waals surface area contributed by atoms with E-state index < -0.39 is 0 Å². The first-order chi connectivity index (χ1) is 13.0. The lowest BCUT2D eigenvalue weighted by Gasteiger charge is -2.33. The van der Waals surface area contributed by atoms with Crippen molar-refractivity contribution in [3.05, 3.63) is 75.4 Å². The Labute approximate surface area is 161 Å². The highest BCUT2D eigenvalue weighted by molar-refractivity contribution is 7.10. The molecule has 1 aromatic carbocycles. The van der Waals surface area contributed by atoms with Gasteiger partial charge in [0, 0.05) is 22.7 Å². The Morgan fingerprint density at radius 1 is 1.26 bits per heavy atom. The lowest BCUT2D eigenvalue weighted by atomic mass is 10.00. The molecule has 6 heteroatoms. The molecule has 0 aliphatic carbocycles. The molecule has 1 aliphatic heterocycles. The standard InChI is InChI=1S/C21H20N2O3S/c1-13-5-6-15(12-17(13)22-20(24)18-4-3-10-26-18)21(25)23-9-7-19-16(14(23)2)8-11-27-19/h3-6,8,10-12,14H,7,9H2,1-2H3,(H,22,24)/t14-/m0/s1. The van der Waals surface area contributed by atoms with E-state index in [0.29, 0.717) is 17.8 Å². The number of anilines is 1. The minimum absolute atomic E-state index is 0.0205. The van der Waals surface area contributed by atoms with Crippen LogP contribution in [0.5, 0.6) is 0 Å². The Balaban J connectivity index is 1.57. The minimum atomic E-state index is -0.332. The van der Waals surface area contributed by atoms with Crippen molar-refractivity contribution in [2.45, 2.75) is 26.3 Å². The van der Waals surface area contributed by atoms with Gasteiger partial charge in [-0.25, -0.2) is 0 Å². The van der Waals surface area contributed by atoms with Gasteiger partial charge < -0.3 is 14.6 Å². The summed E-state index contributed by atoms with van der Waals surface area (Å²) in [6.07, 6.45) is 2.34. The van der Waals surface area contributed by atoms with Crippen molar-refractivity contribution in [2.75, 3.05) is 11.9 Å². The Bertz CT molecular complexity index is 991. The van der Waals surface area contributed by atoms with Gasteiger partial charge in [-0.2, -0.15) is 0 Å². The number of thiophene rings is 1. The Morgan fingerprint density at radius 3 is 2.89 bits per heavy atom. The van der Waals surface area contributed by atoms with Crippen LogP contribution in [0, 0.1) is 6.92 Å². The molecule has 0 unspecified atom stereocenters. The summed E-state index contributed by atoms with van der Waals surface area (Å²) in [4.78, 5) is 28.7. The molecule has 5 nitrogen and oxygen atoms in total. The smallest absolute Gasteiger partial charge is 0.291 e. The van der Waals surface area contributed by atoms with Crippen LogP contribution in [0.2, 0.25) is 0 Å². The fraction of sp³-hybridized carbons (Fsp3) is 0.238. The van der Waals surface area contributed by atoms with Crippen molar-refractivity contribution in [1.29, 1.82) is 0 Å². The molecular weight excluding hydrogens is 360 g/mol. The van der Waals surface area contributed by atoms with Gasteiger partial charge in [0.25, 0.3) is 11.8 Å². The van der Waals surface area contributed by atoms with Crippen LogP contribution in [0.4, 0.5) is 5.69 Å². The second kappa shape index (κ2) is 7.04. The van der Waals surface area contributed by atoms with Gasteiger partial charge in [-0.3, -0.25) is 9.59 Å². The van der Waals surface area contributed by atoms with Crippen LogP contribution in [0.25, 0.3) is 0 Å². The molecular formula is C21H20N2O3S. The first-order valence-electron chi connectivity index (χ1n) is 8.87. The normalized spacial score (nSPS) is 16.1. The quantitative estimate of drug-likeness (QED) is 0.719. The zero-order chi connectivity index (χ0) is 19.0. The predicted octanol–water partition coefficient (Wildman–Crippen LogP) is 4.66. The van der Waals surface area contributed by atoms with Crippen LogP contribution in [0.3, 0.4) is 0 Å². The number of carbonyl (C=O) groups excluding carboxylic acids is 2. The third kappa shape index (κ3) is 3.28. The van der Waals surface area contributed by atoms with E-state index in [-0.39, 0.29) is 23.6 Å². The number of benzene rings is 1. The van der Waals surface area contributed by atoms with Crippen molar-refractivity contribution in [3.63, 3.8) is 0 Å². The predicted molar refractivity (Wildman–Crippen MR) is 105 cm³/mol. The molecule has 1 aliphatic rings. The SMILES string of the molecule is Cc1ccc(C(=O)N2CCc3sccc3[C@@H]2C)cc1NC(=O)c1ccco1. The van der Waals surface area contributed by atoms with E-state index in [1.807, 2.05) is 24.0 Å². The van der Waals surface area contributed by atoms with Crippen molar-refractivity contribution in [1.82, 2.24) is 4.90 Å². The average Bonchev–Trinajstić information content (AvgIpc) is 3.35. The molecule has 138 valence electrons. The minimum Gasteiger partial charge on any atom is -0.459 e. The highest BCUT2D eigenvalue weighted by Gasteiger charge is 2.29. The molecule has 27 heavy (non-hydrogen) atoms. The molecule has 0 radical (unpaired) electrons. The van der Waals surface area contributed by atoms with Crippen LogP contribution in [-0.2, 0) is 6.42 Å². The van der Waals surface area contributed by atoms with E-state index >= 15 is 0 Å². The molecule has 1 atom stereocenters. The van der Waals surface area contributed by atoms with Crippen LogP contribution >= 0.6 is 11.3 Å². The number of hydrogen-bond donors (Lipinski definition) is 1. The third-order valence-electron chi connectivity index (χ3n) is 5.02. The molecule has 0 saturated heterocycles. The summed E-state index contributed by atoms with van der Waals surface area (Å²) in [5.41, 5.74) is 3.31. The lowest BCUT2D eigenvalue weighted by Crippen LogP contribution is -2.38. The van der Waals surface area contributed by atoms with Gasteiger partial charge in [0.2, 0.25) is 0 Å². The number of hydrogen-bond acceptors (Lipinski definition) is 4.